The van der Waals surface area contributed by atoms with Crippen molar-refractivity contribution in [3.63, 3.8) is 0 Å². The molecule has 98 valence electrons. The number of carbonyl (C=O) groups is 2. The van der Waals surface area contributed by atoms with Crippen molar-refractivity contribution in [3.8, 4) is 0 Å². The molecule has 0 heterocycles. The molecule has 0 aromatic heterocycles. The van der Waals surface area contributed by atoms with Gasteiger partial charge >= 0.3 is 5.97 Å². The lowest BCUT2D eigenvalue weighted by Crippen LogP contribution is -2.28. The van der Waals surface area contributed by atoms with Crippen molar-refractivity contribution in [2.45, 2.75) is 26.3 Å². The van der Waals surface area contributed by atoms with Crippen LogP contribution in [0.2, 0.25) is 0 Å². The first-order chi connectivity index (χ1) is 8.49. The Kier molecular flexibility index (Phi) is 5.36. The van der Waals surface area contributed by atoms with Gasteiger partial charge in [-0.05, 0) is 11.5 Å². The van der Waals surface area contributed by atoms with Crippen LogP contribution in [0.15, 0.2) is 30.3 Å². The Morgan fingerprint density at radius 1 is 1.22 bits per heavy atom. The third-order valence-corrected chi connectivity index (χ3v) is 2.73. The summed E-state index contributed by atoms with van der Waals surface area (Å²) in [5, 5.41) is 8.65. The van der Waals surface area contributed by atoms with Crippen LogP contribution >= 0.6 is 0 Å². The van der Waals surface area contributed by atoms with E-state index in [2.05, 4.69) is 0 Å². The summed E-state index contributed by atoms with van der Waals surface area (Å²) in [6, 6.07) is 9.72. The molecule has 4 nitrogen and oxygen atoms in total. The van der Waals surface area contributed by atoms with Gasteiger partial charge in [0.1, 0.15) is 0 Å². The molecule has 0 spiro atoms. The van der Waals surface area contributed by atoms with Gasteiger partial charge in [-0.15, -0.1) is 0 Å². The van der Waals surface area contributed by atoms with Crippen molar-refractivity contribution in [3.05, 3.63) is 35.9 Å². The van der Waals surface area contributed by atoms with Gasteiger partial charge in [0.15, 0.2) is 0 Å². The Hall–Kier alpha value is -1.84. The van der Waals surface area contributed by atoms with E-state index in [1.807, 2.05) is 30.3 Å². The molecule has 0 aliphatic heterocycles. The Labute approximate surface area is 107 Å². The van der Waals surface area contributed by atoms with Crippen molar-refractivity contribution in [2.75, 3.05) is 7.05 Å². The van der Waals surface area contributed by atoms with E-state index in [-0.39, 0.29) is 24.7 Å². The zero-order valence-corrected chi connectivity index (χ0v) is 10.8. The van der Waals surface area contributed by atoms with E-state index < -0.39 is 5.97 Å². The van der Waals surface area contributed by atoms with E-state index in [0.717, 1.165) is 5.56 Å². The molecule has 0 saturated carbocycles. The summed E-state index contributed by atoms with van der Waals surface area (Å²) in [5.41, 5.74) is 1.07. The summed E-state index contributed by atoms with van der Waals surface area (Å²) < 4.78 is 0. The number of aliphatic carboxylic acids is 1. The molecule has 0 bridgehead atoms. The highest BCUT2D eigenvalue weighted by Crippen LogP contribution is 2.11. The third kappa shape index (κ3) is 4.99. The van der Waals surface area contributed by atoms with Gasteiger partial charge in [-0.1, -0.05) is 37.3 Å². The molecule has 4 heteroatoms. The molecule has 0 aliphatic rings. The Bertz CT molecular complexity index is 403. The van der Waals surface area contributed by atoms with Crippen LogP contribution in [-0.2, 0) is 16.1 Å². The maximum atomic E-state index is 11.9. The highest BCUT2D eigenvalue weighted by molar-refractivity contribution is 5.77. The van der Waals surface area contributed by atoms with Gasteiger partial charge in [-0.3, -0.25) is 9.59 Å². The lowest BCUT2D eigenvalue weighted by Gasteiger charge is -2.19. The lowest BCUT2D eigenvalue weighted by molar-refractivity contribution is -0.138. The fourth-order valence-electron chi connectivity index (χ4n) is 1.77. The molecule has 0 fully saturated rings. The minimum Gasteiger partial charge on any atom is -0.481 e. The van der Waals surface area contributed by atoms with Gasteiger partial charge in [-0.25, -0.2) is 0 Å². The first-order valence-electron chi connectivity index (χ1n) is 5.98. The second kappa shape index (κ2) is 6.79. The number of carbonyl (C=O) groups excluding carboxylic acids is 1. The van der Waals surface area contributed by atoms with Crippen molar-refractivity contribution in [2.24, 2.45) is 5.92 Å². The van der Waals surface area contributed by atoms with E-state index in [1.165, 1.54) is 0 Å². The number of rotatable bonds is 6. The van der Waals surface area contributed by atoms with Gasteiger partial charge in [-0.2, -0.15) is 0 Å². The zero-order chi connectivity index (χ0) is 13.5. The summed E-state index contributed by atoms with van der Waals surface area (Å²) in [6.45, 7) is 2.34. The minimum atomic E-state index is -0.860. The normalized spacial score (nSPS) is 11.9. The highest BCUT2D eigenvalue weighted by Gasteiger charge is 2.15. The molecular formula is C14H19NO3. The molecule has 0 saturated heterocycles. The van der Waals surface area contributed by atoms with Crippen molar-refractivity contribution in [1.82, 2.24) is 4.90 Å². The monoisotopic (exact) mass is 249 g/mol. The predicted octanol–water partition coefficient (Wildman–Crippen LogP) is 2.15. The van der Waals surface area contributed by atoms with Gasteiger partial charge in [0.25, 0.3) is 0 Å². The van der Waals surface area contributed by atoms with Crippen LogP contribution in [0.5, 0.6) is 0 Å². The molecule has 1 atom stereocenters. The maximum Gasteiger partial charge on any atom is 0.303 e. The first kappa shape index (κ1) is 14.2. The van der Waals surface area contributed by atoms with Crippen LogP contribution in [0.1, 0.15) is 25.3 Å². The fourth-order valence-corrected chi connectivity index (χ4v) is 1.77. The largest absolute Gasteiger partial charge is 0.481 e. The molecule has 1 rings (SSSR count). The molecule has 0 radical (unpaired) electrons. The van der Waals surface area contributed by atoms with E-state index in [1.54, 1.807) is 18.9 Å². The van der Waals surface area contributed by atoms with E-state index in [4.69, 9.17) is 5.11 Å². The summed E-state index contributed by atoms with van der Waals surface area (Å²) >= 11 is 0. The standard InChI is InChI=1S/C14H19NO3/c1-11(9-14(17)18)8-13(16)15(2)10-12-6-4-3-5-7-12/h3-7,11H,8-10H2,1-2H3,(H,17,18). The van der Waals surface area contributed by atoms with Gasteiger partial charge in [0, 0.05) is 26.4 Å². The van der Waals surface area contributed by atoms with Crippen molar-refractivity contribution < 1.29 is 14.7 Å². The van der Waals surface area contributed by atoms with Crippen LogP contribution in [0.4, 0.5) is 0 Å². The molecule has 1 aromatic rings. The number of nitrogens with zero attached hydrogens (tertiary/aromatic N) is 1. The van der Waals surface area contributed by atoms with Gasteiger partial charge in [0.05, 0.1) is 0 Å². The van der Waals surface area contributed by atoms with Crippen molar-refractivity contribution in [1.29, 1.82) is 0 Å². The zero-order valence-electron chi connectivity index (χ0n) is 10.8. The SMILES string of the molecule is CC(CC(=O)O)CC(=O)N(C)Cc1ccccc1. The first-order valence-corrected chi connectivity index (χ1v) is 5.98. The summed E-state index contributed by atoms with van der Waals surface area (Å²) in [7, 11) is 1.74. The van der Waals surface area contributed by atoms with Crippen LogP contribution in [0.3, 0.4) is 0 Å². The number of hydrogen-bond acceptors (Lipinski definition) is 2. The summed E-state index contributed by atoms with van der Waals surface area (Å²) in [4.78, 5) is 24.0. The molecular weight excluding hydrogens is 230 g/mol. The predicted molar refractivity (Wildman–Crippen MR) is 68.9 cm³/mol. The van der Waals surface area contributed by atoms with Crippen LogP contribution in [0.25, 0.3) is 0 Å². The van der Waals surface area contributed by atoms with E-state index in [9.17, 15) is 9.59 Å². The van der Waals surface area contributed by atoms with E-state index in [0.29, 0.717) is 6.54 Å². The molecule has 1 unspecified atom stereocenters. The Morgan fingerprint density at radius 3 is 2.39 bits per heavy atom. The molecule has 0 aliphatic carbocycles. The number of benzene rings is 1. The average molecular weight is 249 g/mol. The maximum absolute atomic E-state index is 11.9. The Balaban J connectivity index is 2.44. The van der Waals surface area contributed by atoms with Crippen molar-refractivity contribution >= 4 is 11.9 Å². The number of hydrogen-bond donors (Lipinski definition) is 1. The minimum absolute atomic E-state index is 0.0207. The fraction of sp³-hybridized carbons (Fsp3) is 0.429. The summed E-state index contributed by atoms with van der Waals surface area (Å²) in [6.07, 6.45) is 0.306. The number of carboxylic acid groups (broad SMARTS) is 1. The Morgan fingerprint density at radius 2 is 1.83 bits per heavy atom. The quantitative estimate of drug-likeness (QED) is 0.840. The smallest absolute Gasteiger partial charge is 0.303 e. The van der Waals surface area contributed by atoms with Gasteiger partial charge in [0.2, 0.25) is 5.91 Å². The second-order valence-electron chi connectivity index (χ2n) is 4.64. The average Bonchev–Trinajstić information content (AvgIpc) is 2.28. The molecule has 1 N–H and O–H groups in total. The van der Waals surface area contributed by atoms with Crippen LogP contribution in [0, 0.1) is 5.92 Å². The third-order valence-electron chi connectivity index (χ3n) is 2.73. The number of carboxylic acids is 1. The van der Waals surface area contributed by atoms with E-state index >= 15 is 0 Å². The number of amides is 1. The highest BCUT2D eigenvalue weighted by atomic mass is 16.4. The molecule has 1 aromatic carbocycles. The molecule has 1 amide bonds. The second-order valence-corrected chi connectivity index (χ2v) is 4.64. The van der Waals surface area contributed by atoms with Gasteiger partial charge < -0.3 is 10.0 Å². The van der Waals surface area contributed by atoms with Crippen LogP contribution < -0.4 is 0 Å². The molecule has 18 heavy (non-hydrogen) atoms. The summed E-state index contributed by atoms with van der Waals surface area (Å²) in [5.74, 6) is -1.01. The topological polar surface area (TPSA) is 57.6 Å². The lowest BCUT2D eigenvalue weighted by atomic mass is 10.0. The van der Waals surface area contributed by atoms with Crippen LogP contribution in [-0.4, -0.2) is 28.9 Å².